The molecule has 140 valence electrons. The quantitative estimate of drug-likeness (QED) is 0.756. The Bertz CT molecular complexity index is 779. The standard InChI is InChI=1S/C17H18ClF3N4O/c18-13-7-6-10(8-12(13)17(19,20)21)25-15-14(22)16(24-9-23-15)26-11-4-2-1-3-5-11/h6-9,11H,1-5,22H2,(H,23,24,25). The first-order valence-electron chi connectivity index (χ1n) is 8.25. The molecule has 1 aromatic carbocycles. The fraction of sp³-hybridized carbons (Fsp3) is 0.412. The van der Waals surface area contributed by atoms with E-state index in [2.05, 4.69) is 15.3 Å². The van der Waals surface area contributed by atoms with Crippen molar-refractivity contribution >= 4 is 28.8 Å². The third kappa shape index (κ3) is 4.30. The fourth-order valence-electron chi connectivity index (χ4n) is 2.87. The van der Waals surface area contributed by atoms with Crippen molar-refractivity contribution < 1.29 is 17.9 Å². The first-order chi connectivity index (χ1) is 12.3. The molecular weight excluding hydrogens is 369 g/mol. The van der Waals surface area contributed by atoms with E-state index >= 15 is 0 Å². The third-order valence-electron chi connectivity index (χ3n) is 4.21. The number of rotatable bonds is 4. The maximum Gasteiger partial charge on any atom is 0.417 e. The smallest absolute Gasteiger partial charge is 0.417 e. The van der Waals surface area contributed by atoms with Crippen LogP contribution in [0.15, 0.2) is 24.5 Å². The molecule has 1 saturated carbocycles. The highest BCUT2D eigenvalue weighted by atomic mass is 35.5. The second kappa shape index (κ2) is 7.57. The molecular formula is C17H18ClF3N4O. The SMILES string of the molecule is Nc1c(Nc2ccc(Cl)c(C(F)(F)F)c2)ncnc1OC1CCCCC1. The van der Waals surface area contributed by atoms with E-state index in [4.69, 9.17) is 22.1 Å². The lowest BCUT2D eigenvalue weighted by Crippen LogP contribution is -2.21. The van der Waals surface area contributed by atoms with Gasteiger partial charge in [0.05, 0.1) is 10.6 Å². The zero-order chi connectivity index (χ0) is 18.7. The van der Waals surface area contributed by atoms with Crippen molar-refractivity contribution in [2.75, 3.05) is 11.1 Å². The summed E-state index contributed by atoms with van der Waals surface area (Å²) in [6.45, 7) is 0. The molecule has 26 heavy (non-hydrogen) atoms. The molecule has 0 atom stereocenters. The first-order valence-corrected chi connectivity index (χ1v) is 8.63. The molecule has 0 saturated heterocycles. The van der Waals surface area contributed by atoms with Crippen LogP contribution in [0.4, 0.5) is 30.4 Å². The normalized spacial score (nSPS) is 15.7. The molecule has 0 aliphatic heterocycles. The van der Waals surface area contributed by atoms with Crippen LogP contribution < -0.4 is 15.8 Å². The number of nitrogens with zero attached hydrogens (tertiary/aromatic N) is 2. The predicted molar refractivity (Wildman–Crippen MR) is 93.7 cm³/mol. The number of hydrogen-bond acceptors (Lipinski definition) is 5. The van der Waals surface area contributed by atoms with Crippen LogP contribution in [0.25, 0.3) is 0 Å². The number of nitrogen functional groups attached to an aromatic ring is 1. The predicted octanol–water partition coefficient (Wildman–Crippen LogP) is 5.19. The molecule has 1 aliphatic rings. The van der Waals surface area contributed by atoms with E-state index in [0.717, 1.165) is 31.7 Å². The van der Waals surface area contributed by atoms with Gasteiger partial charge in [-0.2, -0.15) is 18.2 Å². The molecule has 0 bridgehead atoms. The van der Waals surface area contributed by atoms with Gasteiger partial charge in [0.25, 0.3) is 0 Å². The van der Waals surface area contributed by atoms with Crippen molar-refractivity contribution in [3.8, 4) is 5.88 Å². The molecule has 9 heteroatoms. The molecule has 0 unspecified atom stereocenters. The number of alkyl halides is 3. The summed E-state index contributed by atoms with van der Waals surface area (Å²) >= 11 is 5.63. The van der Waals surface area contributed by atoms with Crippen molar-refractivity contribution in [1.82, 2.24) is 9.97 Å². The van der Waals surface area contributed by atoms with E-state index in [1.54, 1.807) is 0 Å². The van der Waals surface area contributed by atoms with Crippen molar-refractivity contribution in [2.45, 2.75) is 44.4 Å². The van der Waals surface area contributed by atoms with E-state index in [0.29, 0.717) is 0 Å². The Morgan fingerprint density at radius 1 is 1.15 bits per heavy atom. The highest BCUT2D eigenvalue weighted by Gasteiger charge is 2.33. The van der Waals surface area contributed by atoms with E-state index in [9.17, 15) is 13.2 Å². The maximum atomic E-state index is 13.0. The monoisotopic (exact) mass is 386 g/mol. The highest BCUT2D eigenvalue weighted by molar-refractivity contribution is 6.31. The number of anilines is 3. The molecule has 5 nitrogen and oxygen atoms in total. The van der Waals surface area contributed by atoms with E-state index < -0.39 is 11.7 Å². The molecule has 1 aliphatic carbocycles. The Hall–Kier alpha value is -2.22. The molecule has 2 aromatic rings. The summed E-state index contributed by atoms with van der Waals surface area (Å²) in [4.78, 5) is 8.05. The minimum Gasteiger partial charge on any atom is -0.473 e. The van der Waals surface area contributed by atoms with Crippen LogP contribution >= 0.6 is 11.6 Å². The number of hydrogen-bond donors (Lipinski definition) is 2. The number of aromatic nitrogens is 2. The average Bonchev–Trinajstić information content (AvgIpc) is 2.60. The van der Waals surface area contributed by atoms with Crippen LogP contribution in [0, 0.1) is 0 Å². The number of halogens is 4. The van der Waals surface area contributed by atoms with Gasteiger partial charge in [0.1, 0.15) is 18.1 Å². The van der Waals surface area contributed by atoms with Crippen LogP contribution in [-0.4, -0.2) is 16.1 Å². The molecule has 0 spiro atoms. The van der Waals surface area contributed by atoms with Gasteiger partial charge in [-0.25, -0.2) is 4.98 Å². The van der Waals surface area contributed by atoms with Gasteiger partial charge in [0, 0.05) is 5.69 Å². The summed E-state index contributed by atoms with van der Waals surface area (Å²) in [6, 6.07) is 3.50. The Morgan fingerprint density at radius 2 is 1.88 bits per heavy atom. The van der Waals surface area contributed by atoms with Gasteiger partial charge in [0.15, 0.2) is 5.82 Å². The van der Waals surface area contributed by atoms with Crippen LogP contribution in [0.3, 0.4) is 0 Å². The average molecular weight is 387 g/mol. The van der Waals surface area contributed by atoms with Crippen molar-refractivity contribution in [3.05, 3.63) is 35.1 Å². The third-order valence-corrected chi connectivity index (χ3v) is 4.54. The molecule has 1 fully saturated rings. The fourth-order valence-corrected chi connectivity index (χ4v) is 3.10. The number of benzene rings is 1. The first kappa shape index (κ1) is 18.6. The number of nitrogens with one attached hydrogen (secondary N) is 1. The topological polar surface area (TPSA) is 73.1 Å². The minimum absolute atomic E-state index is 0.0427. The summed E-state index contributed by atoms with van der Waals surface area (Å²) in [5, 5.41) is 2.40. The summed E-state index contributed by atoms with van der Waals surface area (Å²) in [5.41, 5.74) is 5.42. The Balaban J connectivity index is 1.81. The van der Waals surface area contributed by atoms with Crippen molar-refractivity contribution in [1.29, 1.82) is 0 Å². The molecule has 3 rings (SSSR count). The Morgan fingerprint density at radius 3 is 2.58 bits per heavy atom. The lowest BCUT2D eigenvalue weighted by atomic mass is 9.98. The second-order valence-corrected chi connectivity index (χ2v) is 6.54. The Kier molecular flexibility index (Phi) is 5.41. The van der Waals surface area contributed by atoms with Crippen molar-refractivity contribution in [3.63, 3.8) is 0 Å². The summed E-state index contributed by atoms with van der Waals surface area (Å²) in [7, 11) is 0. The maximum absolute atomic E-state index is 13.0. The largest absolute Gasteiger partial charge is 0.473 e. The summed E-state index contributed by atoms with van der Waals surface area (Å²) in [6.07, 6.45) is 1.97. The van der Waals surface area contributed by atoms with Crippen LogP contribution in [0.5, 0.6) is 5.88 Å². The zero-order valence-electron chi connectivity index (χ0n) is 13.8. The van der Waals surface area contributed by atoms with Gasteiger partial charge in [-0.3, -0.25) is 0 Å². The van der Waals surface area contributed by atoms with Gasteiger partial charge >= 0.3 is 6.18 Å². The van der Waals surface area contributed by atoms with Gasteiger partial charge in [-0.1, -0.05) is 18.0 Å². The van der Waals surface area contributed by atoms with Gasteiger partial charge in [-0.15, -0.1) is 0 Å². The second-order valence-electron chi connectivity index (χ2n) is 6.14. The lowest BCUT2D eigenvalue weighted by Gasteiger charge is -2.23. The van der Waals surface area contributed by atoms with Gasteiger partial charge < -0.3 is 15.8 Å². The molecule has 0 amide bonds. The zero-order valence-corrected chi connectivity index (χ0v) is 14.6. The van der Waals surface area contributed by atoms with Crippen molar-refractivity contribution in [2.24, 2.45) is 0 Å². The van der Waals surface area contributed by atoms with E-state index in [-0.39, 0.29) is 34.2 Å². The summed E-state index contributed by atoms with van der Waals surface area (Å²) in [5.74, 6) is 0.417. The molecule has 1 aromatic heterocycles. The Labute approximate surface area is 153 Å². The van der Waals surface area contributed by atoms with Gasteiger partial charge in [0.2, 0.25) is 5.88 Å². The minimum atomic E-state index is -4.55. The number of nitrogens with two attached hydrogens (primary N) is 1. The lowest BCUT2D eigenvalue weighted by molar-refractivity contribution is -0.137. The molecule has 1 heterocycles. The van der Waals surface area contributed by atoms with Crippen LogP contribution in [0.1, 0.15) is 37.7 Å². The molecule has 0 radical (unpaired) electrons. The van der Waals surface area contributed by atoms with E-state index in [1.807, 2.05) is 0 Å². The van der Waals surface area contributed by atoms with Gasteiger partial charge in [-0.05, 0) is 43.9 Å². The van der Waals surface area contributed by atoms with Crippen LogP contribution in [0.2, 0.25) is 5.02 Å². The summed E-state index contributed by atoms with van der Waals surface area (Å²) < 4.78 is 44.8. The van der Waals surface area contributed by atoms with Crippen LogP contribution in [-0.2, 0) is 6.18 Å². The van der Waals surface area contributed by atoms with E-state index in [1.165, 1.54) is 24.9 Å². The molecule has 3 N–H and O–H groups in total. The highest BCUT2D eigenvalue weighted by Crippen LogP contribution is 2.37. The number of ether oxygens (including phenoxy) is 1.